The van der Waals surface area contributed by atoms with Crippen molar-refractivity contribution in [1.82, 2.24) is 9.97 Å². The number of hydrogen-bond acceptors (Lipinski definition) is 2. The van der Waals surface area contributed by atoms with Gasteiger partial charge in [-0.1, -0.05) is 36.4 Å². The van der Waals surface area contributed by atoms with Crippen LogP contribution in [0.4, 0.5) is 0 Å². The van der Waals surface area contributed by atoms with Crippen LogP contribution >= 0.6 is 0 Å². The molecule has 4 aromatic rings. The summed E-state index contributed by atoms with van der Waals surface area (Å²) in [4.78, 5) is 6.43. The molecule has 2 heterocycles. The minimum Gasteiger partial charge on any atom is -0.361 e. The summed E-state index contributed by atoms with van der Waals surface area (Å²) >= 11 is 0. The molecule has 0 fully saturated rings. The molecule has 124 valence electrons. The standard InChI is InChI=1S/2C10H12N2/c2*11-6-5-8-7-12-10-4-2-1-3-9(8)10/h2*1-4,7,12H,5-6,11H2. The number of para-hydroxylation sites is 2. The number of rotatable bonds is 4. The molecule has 2 aromatic heterocycles. The van der Waals surface area contributed by atoms with Crippen molar-refractivity contribution < 1.29 is 0 Å². The molecule has 0 radical (unpaired) electrons. The number of benzene rings is 2. The molecule has 4 nitrogen and oxygen atoms in total. The summed E-state index contributed by atoms with van der Waals surface area (Å²) in [5, 5.41) is 2.59. The van der Waals surface area contributed by atoms with Gasteiger partial charge in [0.1, 0.15) is 0 Å². The van der Waals surface area contributed by atoms with Crippen molar-refractivity contribution in [3.05, 3.63) is 72.1 Å². The van der Waals surface area contributed by atoms with Gasteiger partial charge in [0.2, 0.25) is 0 Å². The van der Waals surface area contributed by atoms with E-state index in [1.807, 2.05) is 24.5 Å². The highest BCUT2D eigenvalue weighted by molar-refractivity contribution is 5.83. The van der Waals surface area contributed by atoms with E-state index in [1.165, 1.54) is 32.9 Å². The van der Waals surface area contributed by atoms with Crippen LogP contribution in [-0.2, 0) is 12.8 Å². The summed E-state index contributed by atoms with van der Waals surface area (Å²) in [6.45, 7) is 1.42. The first-order valence-corrected chi connectivity index (χ1v) is 8.33. The van der Waals surface area contributed by atoms with Crippen LogP contribution in [0.15, 0.2) is 60.9 Å². The smallest absolute Gasteiger partial charge is 0.0456 e. The fourth-order valence-electron chi connectivity index (χ4n) is 2.99. The number of aromatic amines is 2. The number of fused-ring (bicyclic) bond motifs is 2. The quantitative estimate of drug-likeness (QED) is 0.465. The van der Waals surface area contributed by atoms with E-state index in [4.69, 9.17) is 11.5 Å². The summed E-state index contributed by atoms with van der Waals surface area (Å²) in [6.07, 6.45) is 5.98. The first kappa shape index (κ1) is 16.3. The lowest BCUT2D eigenvalue weighted by molar-refractivity contribution is 0.976. The molecule has 4 heteroatoms. The maximum atomic E-state index is 5.50. The second kappa shape index (κ2) is 7.81. The Balaban J connectivity index is 0.000000141. The van der Waals surface area contributed by atoms with Gasteiger partial charge in [0.15, 0.2) is 0 Å². The van der Waals surface area contributed by atoms with Crippen LogP contribution in [0.25, 0.3) is 21.8 Å². The van der Waals surface area contributed by atoms with Gasteiger partial charge in [-0.3, -0.25) is 0 Å². The zero-order valence-electron chi connectivity index (χ0n) is 13.8. The lowest BCUT2D eigenvalue weighted by atomic mass is 10.1. The molecule has 0 aliphatic heterocycles. The average Bonchev–Trinajstić information content (AvgIpc) is 3.22. The molecule has 0 aliphatic carbocycles. The lowest BCUT2D eigenvalue weighted by Gasteiger charge is -1.93. The van der Waals surface area contributed by atoms with Crippen molar-refractivity contribution >= 4 is 21.8 Å². The number of aromatic nitrogens is 2. The predicted molar refractivity (Wildman–Crippen MR) is 102 cm³/mol. The predicted octanol–water partition coefficient (Wildman–Crippen LogP) is 3.34. The van der Waals surface area contributed by atoms with Crippen LogP contribution in [0.3, 0.4) is 0 Å². The van der Waals surface area contributed by atoms with Crippen molar-refractivity contribution in [3.8, 4) is 0 Å². The average molecular weight is 320 g/mol. The van der Waals surface area contributed by atoms with Gasteiger partial charge >= 0.3 is 0 Å². The Hall–Kier alpha value is -2.56. The van der Waals surface area contributed by atoms with Crippen LogP contribution in [0.1, 0.15) is 11.1 Å². The van der Waals surface area contributed by atoms with Gasteiger partial charge in [0.25, 0.3) is 0 Å². The van der Waals surface area contributed by atoms with Gasteiger partial charge < -0.3 is 21.4 Å². The van der Waals surface area contributed by atoms with Crippen LogP contribution in [0.2, 0.25) is 0 Å². The Kier molecular flexibility index (Phi) is 5.31. The minimum absolute atomic E-state index is 0.710. The second-order valence-electron chi connectivity index (χ2n) is 5.80. The molecule has 0 saturated carbocycles. The Morgan fingerprint density at radius 1 is 0.625 bits per heavy atom. The van der Waals surface area contributed by atoms with Gasteiger partial charge in [0, 0.05) is 34.2 Å². The molecular weight excluding hydrogens is 296 g/mol. The largest absolute Gasteiger partial charge is 0.361 e. The van der Waals surface area contributed by atoms with E-state index in [2.05, 4.69) is 46.4 Å². The van der Waals surface area contributed by atoms with Crippen LogP contribution in [0.5, 0.6) is 0 Å². The Morgan fingerprint density at radius 2 is 1.04 bits per heavy atom. The second-order valence-corrected chi connectivity index (χ2v) is 5.80. The molecule has 0 spiro atoms. The van der Waals surface area contributed by atoms with Crippen molar-refractivity contribution in [2.24, 2.45) is 11.5 Å². The van der Waals surface area contributed by atoms with E-state index < -0.39 is 0 Å². The molecule has 6 N–H and O–H groups in total. The van der Waals surface area contributed by atoms with Crippen molar-refractivity contribution in [3.63, 3.8) is 0 Å². The number of H-pyrrole nitrogens is 2. The molecule has 0 saturated heterocycles. The monoisotopic (exact) mass is 320 g/mol. The van der Waals surface area contributed by atoms with Gasteiger partial charge in [0.05, 0.1) is 0 Å². The fraction of sp³-hybridized carbons (Fsp3) is 0.200. The maximum absolute atomic E-state index is 5.50. The van der Waals surface area contributed by atoms with E-state index in [0.29, 0.717) is 13.1 Å². The molecule has 0 amide bonds. The summed E-state index contributed by atoms with van der Waals surface area (Å²) < 4.78 is 0. The molecule has 4 rings (SSSR count). The Labute approximate surface area is 141 Å². The van der Waals surface area contributed by atoms with Gasteiger partial charge in [-0.25, -0.2) is 0 Å². The highest BCUT2D eigenvalue weighted by Crippen LogP contribution is 2.18. The third-order valence-corrected chi connectivity index (χ3v) is 4.18. The molecule has 2 aromatic carbocycles. The van der Waals surface area contributed by atoms with Gasteiger partial charge in [-0.15, -0.1) is 0 Å². The van der Waals surface area contributed by atoms with Crippen molar-refractivity contribution in [2.75, 3.05) is 13.1 Å². The van der Waals surface area contributed by atoms with Gasteiger partial charge in [-0.2, -0.15) is 0 Å². The summed E-state index contributed by atoms with van der Waals surface area (Å²) in [7, 11) is 0. The molecule has 0 unspecified atom stereocenters. The molecular formula is C20H24N4. The van der Waals surface area contributed by atoms with E-state index in [-0.39, 0.29) is 0 Å². The highest BCUT2D eigenvalue weighted by Gasteiger charge is 2.00. The maximum Gasteiger partial charge on any atom is 0.0456 e. The number of hydrogen-bond donors (Lipinski definition) is 4. The van der Waals surface area contributed by atoms with Gasteiger partial charge in [-0.05, 0) is 49.2 Å². The normalized spacial score (nSPS) is 10.8. The molecule has 0 aliphatic rings. The van der Waals surface area contributed by atoms with E-state index in [0.717, 1.165) is 12.8 Å². The number of nitrogens with two attached hydrogens (primary N) is 2. The van der Waals surface area contributed by atoms with Crippen molar-refractivity contribution in [2.45, 2.75) is 12.8 Å². The topological polar surface area (TPSA) is 83.6 Å². The SMILES string of the molecule is NCCc1c[nH]c2ccccc12.NCCc1c[nH]c2ccccc12. The first-order valence-electron chi connectivity index (χ1n) is 8.33. The van der Waals surface area contributed by atoms with Crippen LogP contribution < -0.4 is 11.5 Å². The van der Waals surface area contributed by atoms with Crippen LogP contribution in [0, 0.1) is 0 Å². The minimum atomic E-state index is 0.710. The molecule has 0 atom stereocenters. The summed E-state index contributed by atoms with van der Waals surface area (Å²) in [5.41, 5.74) is 16.0. The zero-order chi connectivity index (χ0) is 16.8. The number of nitrogens with one attached hydrogen (secondary N) is 2. The summed E-state index contributed by atoms with van der Waals surface area (Å²) in [6, 6.07) is 16.6. The third kappa shape index (κ3) is 3.50. The fourth-order valence-corrected chi connectivity index (χ4v) is 2.99. The molecule has 0 bridgehead atoms. The Morgan fingerprint density at radius 3 is 1.46 bits per heavy atom. The summed E-state index contributed by atoms with van der Waals surface area (Å²) in [5.74, 6) is 0. The molecule has 24 heavy (non-hydrogen) atoms. The Bertz CT molecular complexity index is 828. The highest BCUT2D eigenvalue weighted by atomic mass is 14.7. The van der Waals surface area contributed by atoms with E-state index >= 15 is 0 Å². The first-order chi connectivity index (χ1) is 11.8. The third-order valence-electron chi connectivity index (χ3n) is 4.18. The lowest BCUT2D eigenvalue weighted by Crippen LogP contribution is -2.01. The zero-order valence-corrected chi connectivity index (χ0v) is 13.8. The van der Waals surface area contributed by atoms with Crippen LogP contribution in [-0.4, -0.2) is 23.1 Å². The van der Waals surface area contributed by atoms with E-state index in [9.17, 15) is 0 Å². The van der Waals surface area contributed by atoms with E-state index in [1.54, 1.807) is 0 Å². The van der Waals surface area contributed by atoms with Crippen molar-refractivity contribution in [1.29, 1.82) is 0 Å².